The Morgan fingerprint density at radius 3 is 2.52 bits per heavy atom. The lowest BCUT2D eigenvalue weighted by Gasteiger charge is -2.38. The molecule has 2 aromatic carbocycles. The lowest BCUT2D eigenvalue weighted by atomic mass is 10.1. The summed E-state index contributed by atoms with van der Waals surface area (Å²) in [7, 11) is 7.43. The van der Waals surface area contributed by atoms with Crippen molar-refractivity contribution in [2.45, 2.75) is 24.0 Å². The topological polar surface area (TPSA) is 64.9 Å². The Morgan fingerprint density at radius 2 is 1.90 bits per heavy atom. The maximum atomic E-state index is 5.66. The zero-order valence-electron chi connectivity index (χ0n) is 16.5. The highest BCUT2D eigenvalue weighted by molar-refractivity contribution is 8.00. The Kier molecular flexibility index (Phi) is 5.94. The lowest BCUT2D eigenvalue weighted by Crippen LogP contribution is -2.49. The minimum atomic E-state index is -0.175. The third-order valence-corrected chi connectivity index (χ3v) is 7.13. The molecule has 6 nitrogen and oxygen atoms in total. The van der Waals surface area contributed by atoms with Crippen molar-refractivity contribution in [1.29, 1.82) is 0 Å². The second kappa shape index (κ2) is 8.31. The van der Waals surface area contributed by atoms with Crippen molar-refractivity contribution < 1.29 is 4.74 Å². The van der Waals surface area contributed by atoms with Gasteiger partial charge in [-0.15, -0.1) is 28.7 Å². The fourth-order valence-corrected chi connectivity index (χ4v) is 4.60. The Bertz CT molecular complexity index is 978. The Morgan fingerprint density at radius 1 is 1.17 bits per heavy atom. The summed E-state index contributed by atoms with van der Waals surface area (Å²) in [5.41, 5.74) is 3.93. The molecule has 1 aromatic heterocycles. The first-order valence-electron chi connectivity index (χ1n) is 9.34. The summed E-state index contributed by atoms with van der Waals surface area (Å²) in [5.74, 6) is 2.52. The van der Waals surface area contributed by atoms with Gasteiger partial charge in [0.15, 0.2) is 0 Å². The van der Waals surface area contributed by atoms with E-state index < -0.39 is 0 Å². The average molecular weight is 445 g/mol. The number of benzene rings is 2. The second-order valence-corrected chi connectivity index (χ2v) is 11.6. The highest BCUT2D eigenvalue weighted by Gasteiger charge is 2.39. The van der Waals surface area contributed by atoms with Crippen LogP contribution >= 0.6 is 30.2 Å². The third-order valence-electron chi connectivity index (χ3n) is 5.00. The van der Waals surface area contributed by atoms with Gasteiger partial charge in [-0.2, -0.15) is 16.6 Å². The minimum absolute atomic E-state index is 0.0304. The quantitative estimate of drug-likeness (QED) is 0.552. The molecule has 0 saturated carbocycles. The molecule has 0 spiro atoms. The maximum Gasteiger partial charge on any atom is 0.207 e. The number of ether oxygens (including phenoxy) is 1. The Labute approximate surface area is 180 Å². The van der Waals surface area contributed by atoms with Crippen molar-refractivity contribution in [3.8, 4) is 11.4 Å². The largest absolute Gasteiger partial charge is 0.374 e. The molecule has 3 aromatic rings. The van der Waals surface area contributed by atoms with E-state index in [1.54, 1.807) is 11.9 Å². The van der Waals surface area contributed by atoms with Crippen molar-refractivity contribution in [3.63, 3.8) is 0 Å². The molecule has 152 valence electrons. The normalized spacial score (nSPS) is 15.7. The summed E-state index contributed by atoms with van der Waals surface area (Å²) in [6.45, 7) is 2.76. The number of para-hydroxylation sites is 1. The number of rotatable bonds is 7. The van der Waals surface area contributed by atoms with Crippen LogP contribution in [-0.4, -0.2) is 44.4 Å². The summed E-state index contributed by atoms with van der Waals surface area (Å²) >= 11 is 1.87. The third kappa shape index (κ3) is 4.64. The van der Waals surface area contributed by atoms with Gasteiger partial charge in [0, 0.05) is 40.5 Å². The van der Waals surface area contributed by atoms with E-state index in [0.717, 1.165) is 28.4 Å². The van der Waals surface area contributed by atoms with Gasteiger partial charge < -0.3 is 10.1 Å². The van der Waals surface area contributed by atoms with E-state index in [4.69, 9.17) is 4.74 Å². The summed E-state index contributed by atoms with van der Waals surface area (Å²) in [4.78, 5) is 1.61. The van der Waals surface area contributed by atoms with Crippen LogP contribution in [0.25, 0.3) is 11.4 Å². The lowest BCUT2D eigenvalue weighted by molar-refractivity contribution is 0.000673. The van der Waals surface area contributed by atoms with E-state index >= 15 is 0 Å². The molecule has 1 fully saturated rings. The van der Waals surface area contributed by atoms with Gasteiger partial charge in [0.25, 0.3) is 0 Å². The van der Waals surface area contributed by atoms with E-state index in [2.05, 4.69) is 70.4 Å². The van der Waals surface area contributed by atoms with Crippen LogP contribution < -0.4 is 5.32 Å². The molecule has 0 radical (unpaired) electrons. The summed E-state index contributed by atoms with van der Waals surface area (Å²) in [6.07, 6.45) is 0. The highest BCUT2D eigenvalue weighted by atomic mass is 32.2. The van der Waals surface area contributed by atoms with Crippen molar-refractivity contribution in [2.75, 3.05) is 23.9 Å². The fourth-order valence-electron chi connectivity index (χ4n) is 3.13. The molecular formula is C20H25N5OP2S. The molecule has 1 N–H and O–H groups in total. The average Bonchev–Trinajstić information content (AvgIpc) is 3.13. The SMILES string of the molecule is COC1(Cn2nnc(-c3ccccc3Nc3ccc(C(C)(P)P)cc3)n2)CSC1. The molecule has 2 atom stereocenters. The summed E-state index contributed by atoms with van der Waals surface area (Å²) < 4.78 is 5.66. The molecule has 4 rings (SSSR count). The zero-order valence-corrected chi connectivity index (χ0v) is 19.6. The second-order valence-electron chi connectivity index (χ2n) is 7.55. The van der Waals surface area contributed by atoms with Crippen LogP contribution in [0.4, 0.5) is 11.4 Å². The van der Waals surface area contributed by atoms with E-state index in [-0.39, 0.29) is 10.5 Å². The number of methoxy groups -OCH3 is 1. The Balaban J connectivity index is 1.54. The van der Waals surface area contributed by atoms with E-state index in [1.165, 1.54) is 5.56 Å². The van der Waals surface area contributed by atoms with E-state index in [1.807, 2.05) is 36.0 Å². The van der Waals surface area contributed by atoms with Crippen LogP contribution in [-0.2, 0) is 16.2 Å². The van der Waals surface area contributed by atoms with Gasteiger partial charge in [0.2, 0.25) is 5.82 Å². The summed E-state index contributed by atoms with van der Waals surface area (Å²) in [5, 5.41) is 16.6. The molecular weight excluding hydrogens is 420 g/mol. The number of nitrogens with zero attached hydrogens (tertiary/aromatic N) is 4. The van der Waals surface area contributed by atoms with Crippen molar-refractivity contribution >= 4 is 41.6 Å². The van der Waals surface area contributed by atoms with Crippen LogP contribution in [0, 0.1) is 0 Å². The number of anilines is 2. The molecule has 0 bridgehead atoms. The van der Waals surface area contributed by atoms with Crippen LogP contribution in [0.1, 0.15) is 12.5 Å². The first-order chi connectivity index (χ1) is 13.9. The maximum absolute atomic E-state index is 5.66. The van der Waals surface area contributed by atoms with Crippen LogP contribution in [0.15, 0.2) is 48.5 Å². The van der Waals surface area contributed by atoms with Crippen molar-refractivity contribution in [3.05, 3.63) is 54.1 Å². The molecule has 29 heavy (non-hydrogen) atoms. The molecule has 1 aliphatic heterocycles. The monoisotopic (exact) mass is 445 g/mol. The smallest absolute Gasteiger partial charge is 0.207 e. The van der Waals surface area contributed by atoms with Gasteiger partial charge in [-0.05, 0) is 42.0 Å². The number of nitrogens with one attached hydrogen (secondary N) is 1. The van der Waals surface area contributed by atoms with Crippen molar-refractivity contribution in [2.24, 2.45) is 0 Å². The van der Waals surface area contributed by atoms with Crippen molar-refractivity contribution in [1.82, 2.24) is 20.2 Å². The highest BCUT2D eigenvalue weighted by Crippen LogP contribution is 2.38. The molecule has 9 heteroatoms. The minimum Gasteiger partial charge on any atom is -0.374 e. The van der Waals surface area contributed by atoms with Gasteiger partial charge in [-0.25, -0.2) is 0 Å². The van der Waals surface area contributed by atoms with Crippen LogP contribution in [0.2, 0.25) is 0 Å². The van der Waals surface area contributed by atoms with Gasteiger partial charge >= 0.3 is 0 Å². The number of thioether (sulfide) groups is 1. The summed E-state index contributed by atoms with van der Waals surface area (Å²) in [6, 6.07) is 16.4. The molecule has 0 amide bonds. The predicted octanol–water partition coefficient (Wildman–Crippen LogP) is 4.14. The Hall–Kier alpha value is -1.52. The molecule has 2 heterocycles. The number of hydrogen-bond donors (Lipinski definition) is 1. The van der Waals surface area contributed by atoms with Gasteiger partial charge in [-0.1, -0.05) is 24.3 Å². The van der Waals surface area contributed by atoms with Gasteiger partial charge in [0.05, 0.1) is 6.54 Å². The molecule has 1 aliphatic rings. The standard InChI is InChI=1S/C20H25N5OP2S/c1-19(27,28)14-7-9-15(10-8-14)21-17-6-4-3-5-16(17)18-22-24-25(23-18)11-20(26-2)12-29-13-20/h3-10,21H,11-13,27-28H2,1-2H3. The number of aromatic nitrogens is 4. The van der Waals surface area contributed by atoms with E-state index in [0.29, 0.717) is 12.4 Å². The van der Waals surface area contributed by atoms with Gasteiger partial charge in [-0.3, -0.25) is 0 Å². The zero-order chi connectivity index (χ0) is 20.5. The first-order valence-corrected chi connectivity index (χ1v) is 11.6. The molecule has 1 saturated heterocycles. The number of hydrogen-bond acceptors (Lipinski definition) is 6. The predicted molar refractivity (Wildman–Crippen MR) is 127 cm³/mol. The van der Waals surface area contributed by atoms with Gasteiger partial charge in [0.1, 0.15) is 5.60 Å². The molecule has 2 unspecified atom stereocenters. The fraction of sp³-hybridized carbons (Fsp3) is 0.350. The number of tetrazole rings is 1. The first kappa shape index (κ1) is 20.7. The molecule has 0 aliphatic carbocycles. The van der Waals surface area contributed by atoms with E-state index in [9.17, 15) is 0 Å². The van der Waals surface area contributed by atoms with Crippen LogP contribution in [0.3, 0.4) is 0 Å². The van der Waals surface area contributed by atoms with Crippen LogP contribution in [0.5, 0.6) is 0 Å².